The van der Waals surface area contributed by atoms with Crippen molar-refractivity contribution in [3.05, 3.63) is 24.2 Å². The smallest absolute Gasteiger partial charge is 0.0934 e. The van der Waals surface area contributed by atoms with Crippen LogP contribution in [-0.2, 0) is 6.42 Å². The molecule has 1 saturated carbocycles. The van der Waals surface area contributed by atoms with E-state index in [-0.39, 0.29) is 0 Å². The summed E-state index contributed by atoms with van der Waals surface area (Å²) in [5, 5.41) is 3.62. The fraction of sp³-hybridized carbons (Fsp3) is 0.692. The molecule has 2 heteroatoms. The molecule has 1 aromatic rings. The summed E-state index contributed by atoms with van der Waals surface area (Å²) in [4.78, 5) is 0. The molecule has 15 heavy (non-hydrogen) atoms. The van der Waals surface area contributed by atoms with Crippen molar-refractivity contribution < 1.29 is 4.42 Å². The van der Waals surface area contributed by atoms with Gasteiger partial charge in [-0.15, -0.1) is 0 Å². The molecule has 0 spiro atoms. The summed E-state index contributed by atoms with van der Waals surface area (Å²) in [6.07, 6.45) is 10.3. The Morgan fingerprint density at radius 3 is 3.00 bits per heavy atom. The third-order valence-corrected chi connectivity index (χ3v) is 3.45. The first kappa shape index (κ1) is 10.7. The average molecular weight is 207 g/mol. The maximum atomic E-state index is 5.13. The minimum atomic E-state index is 0.721. The average Bonchev–Trinajstić information content (AvgIpc) is 2.74. The Balaban J connectivity index is 1.92. The molecule has 1 aromatic heterocycles. The predicted octanol–water partition coefficient (Wildman–Crippen LogP) is 2.99. The summed E-state index contributed by atoms with van der Waals surface area (Å²) >= 11 is 0. The standard InChI is InChI=1S/C13H21NO/c1-2-14-13-6-4-3-5-12(13)9-11-7-8-15-10-11/h7-8,10,12-14H,2-6,9H2,1H3. The van der Waals surface area contributed by atoms with Crippen LogP contribution in [0.4, 0.5) is 0 Å². The topological polar surface area (TPSA) is 25.2 Å². The lowest BCUT2D eigenvalue weighted by atomic mass is 9.81. The second-order valence-electron chi connectivity index (χ2n) is 4.54. The van der Waals surface area contributed by atoms with Gasteiger partial charge in [0.05, 0.1) is 12.5 Å². The maximum absolute atomic E-state index is 5.13. The van der Waals surface area contributed by atoms with E-state index in [0.717, 1.165) is 18.5 Å². The van der Waals surface area contributed by atoms with Crippen LogP contribution < -0.4 is 5.32 Å². The van der Waals surface area contributed by atoms with E-state index < -0.39 is 0 Å². The Morgan fingerprint density at radius 1 is 1.40 bits per heavy atom. The molecule has 2 atom stereocenters. The summed E-state index contributed by atoms with van der Waals surface area (Å²) in [7, 11) is 0. The molecule has 1 aliphatic rings. The van der Waals surface area contributed by atoms with Gasteiger partial charge in [-0.2, -0.15) is 0 Å². The molecule has 1 fully saturated rings. The largest absolute Gasteiger partial charge is 0.472 e. The molecular weight excluding hydrogens is 186 g/mol. The van der Waals surface area contributed by atoms with Gasteiger partial charge in [-0.25, -0.2) is 0 Å². The number of hydrogen-bond donors (Lipinski definition) is 1. The third kappa shape index (κ3) is 2.85. The fourth-order valence-electron chi connectivity index (χ4n) is 2.69. The van der Waals surface area contributed by atoms with Crippen LogP contribution in [0.1, 0.15) is 38.2 Å². The number of furan rings is 1. The Bertz CT molecular complexity index is 266. The van der Waals surface area contributed by atoms with Crippen molar-refractivity contribution in [2.24, 2.45) is 5.92 Å². The molecule has 1 aliphatic carbocycles. The van der Waals surface area contributed by atoms with Crippen LogP contribution in [0.2, 0.25) is 0 Å². The van der Waals surface area contributed by atoms with Gasteiger partial charge < -0.3 is 9.73 Å². The molecule has 2 rings (SSSR count). The minimum absolute atomic E-state index is 0.721. The van der Waals surface area contributed by atoms with Gasteiger partial charge in [0.2, 0.25) is 0 Å². The van der Waals surface area contributed by atoms with Crippen molar-refractivity contribution in [3.8, 4) is 0 Å². The van der Waals surface area contributed by atoms with Crippen LogP contribution in [0, 0.1) is 5.92 Å². The van der Waals surface area contributed by atoms with Crippen molar-refractivity contribution in [3.63, 3.8) is 0 Å². The molecule has 2 nitrogen and oxygen atoms in total. The Kier molecular flexibility index (Phi) is 3.84. The van der Waals surface area contributed by atoms with E-state index in [1.54, 1.807) is 6.26 Å². The highest BCUT2D eigenvalue weighted by molar-refractivity contribution is 5.07. The van der Waals surface area contributed by atoms with Gasteiger partial charge in [0.25, 0.3) is 0 Å². The highest BCUT2D eigenvalue weighted by Crippen LogP contribution is 2.27. The Hall–Kier alpha value is -0.760. The molecule has 84 valence electrons. The number of nitrogens with one attached hydrogen (secondary N) is 1. The molecule has 1 N–H and O–H groups in total. The number of hydrogen-bond acceptors (Lipinski definition) is 2. The summed E-state index contributed by atoms with van der Waals surface area (Å²) in [6.45, 7) is 3.29. The van der Waals surface area contributed by atoms with Crippen LogP contribution in [0.3, 0.4) is 0 Å². The summed E-state index contributed by atoms with van der Waals surface area (Å²) < 4.78 is 5.13. The van der Waals surface area contributed by atoms with Crippen LogP contribution in [-0.4, -0.2) is 12.6 Å². The highest BCUT2D eigenvalue weighted by atomic mass is 16.3. The number of rotatable bonds is 4. The first-order valence-corrected chi connectivity index (χ1v) is 6.14. The SMILES string of the molecule is CCNC1CCCCC1Cc1ccoc1. The molecule has 0 radical (unpaired) electrons. The first-order valence-electron chi connectivity index (χ1n) is 6.14. The maximum Gasteiger partial charge on any atom is 0.0934 e. The van der Waals surface area contributed by atoms with Gasteiger partial charge in [-0.1, -0.05) is 19.8 Å². The van der Waals surface area contributed by atoms with E-state index >= 15 is 0 Å². The molecule has 2 unspecified atom stereocenters. The highest BCUT2D eigenvalue weighted by Gasteiger charge is 2.24. The third-order valence-electron chi connectivity index (χ3n) is 3.45. The lowest BCUT2D eigenvalue weighted by Gasteiger charge is -2.31. The van der Waals surface area contributed by atoms with Crippen molar-refractivity contribution in [1.29, 1.82) is 0 Å². The van der Waals surface area contributed by atoms with E-state index in [0.29, 0.717) is 0 Å². The van der Waals surface area contributed by atoms with Crippen LogP contribution in [0.15, 0.2) is 23.0 Å². The molecule has 0 saturated heterocycles. The van der Waals surface area contributed by atoms with Crippen molar-refractivity contribution >= 4 is 0 Å². The van der Waals surface area contributed by atoms with E-state index in [4.69, 9.17) is 4.42 Å². The monoisotopic (exact) mass is 207 g/mol. The van der Waals surface area contributed by atoms with Gasteiger partial charge >= 0.3 is 0 Å². The minimum Gasteiger partial charge on any atom is -0.472 e. The lowest BCUT2D eigenvalue weighted by molar-refractivity contribution is 0.264. The first-order chi connectivity index (χ1) is 7.40. The van der Waals surface area contributed by atoms with Crippen molar-refractivity contribution in [2.45, 2.75) is 45.1 Å². The molecule has 0 aromatic carbocycles. The summed E-state index contributed by atoms with van der Waals surface area (Å²) in [5.41, 5.74) is 1.35. The quantitative estimate of drug-likeness (QED) is 0.821. The normalized spacial score (nSPS) is 26.7. The van der Waals surface area contributed by atoms with Crippen molar-refractivity contribution in [1.82, 2.24) is 5.32 Å². The van der Waals surface area contributed by atoms with Crippen LogP contribution >= 0.6 is 0 Å². The van der Waals surface area contributed by atoms with Crippen molar-refractivity contribution in [2.75, 3.05) is 6.54 Å². The summed E-state index contributed by atoms with van der Waals surface area (Å²) in [6, 6.07) is 2.82. The van der Waals surface area contributed by atoms with Crippen LogP contribution in [0.25, 0.3) is 0 Å². The molecular formula is C13H21NO. The van der Waals surface area contributed by atoms with Gasteiger partial charge in [-0.3, -0.25) is 0 Å². The van der Waals surface area contributed by atoms with Crippen LogP contribution in [0.5, 0.6) is 0 Å². The zero-order valence-corrected chi connectivity index (χ0v) is 9.54. The van der Waals surface area contributed by atoms with E-state index in [1.807, 2.05) is 6.26 Å². The van der Waals surface area contributed by atoms with Gasteiger partial charge in [0, 0.05) is 6.04 Å². The molecule has 0 amide bonds. The van der Waals surface area contributed by atoms with E-state index in [9.17, 15) is 0 Å². The van der Waals surface area contributed by atoms with E-state index in [1.165, 1.54) is 37.7 Å². The fourth-order valence-corrected chi connectivity index (χ4v) is 2.69. The molecule has 0 aliphatic heterocycles. The second kappa shape index (κ2) is 5.36. The lowest BCUT2D eigenvalue weighted by Crippen LogP contribution is -2.39. The zero-order chi connectivity index (χ0) is 10.5. The second-order valence-corrected chi connectivity index (χ2v) is 4.54. The molecule has 0 bridgehead atoms. The summed E-state index contributed by atoms with van der Waals surface area (Å²) in [5.74, 6) is 0.802. The predicted molar refractivity (Wildman–Crippen MR) is 61.8 cm³/mol. The van der Waals surface area contributed by atoms with Gasteiger partial charge in [0.1, 0.15) is 0 Å². The zero-order valence-electron chi connectivity index (χ0n) is 9.54. The Labute approximate surface area is 92.1 Å². The Morgan fingerprint density at radius 2 is 2.27 bits per heavy atom. The molecule has 1 heterocycles. The van der Waals surface area contributed by atoms with E-state index in [2.05, 4.69) is 18.3 Å². The van der Waals surface area contributed by atoms with Gasteiger partial charge in [-0.05, 0) is 43.4 Å². The van der Waals surface area contributed by atoms with Gasteiger partial charge in [0.15, 0.2) is 0 Å².